The highest BCUT2D eigenvalue weighted by molar-refractivity contribution is 7.92. The molecule has 10 heteroatoms. The molecule has 1 unspecified atom stereocenters. The first-order valence-corrected chi connectivity index (χ1v) is 14.0. The topological polar surface area (TPSA) is 96.0 Å². The zero-order valence-electron chi connectivity index (χ0n) is 21.7. The van der Waals surface area contributed by atoms with Crippen LogP contribution in [-0.4, -0.2) is 63.2 Å². The van der Waals surface area contributed by atoms with Gasteiger partial charge in [0.1, 0.15) is 18.3 Å². The van der Waals surface area contributed by atoms with Crippen molar-refractivity contribution in [1.29, 1.82) is 0 Å². The number of nitrogens with zero attached hydrogens (tertiary/aromatic N) is 2. The van der Waals surface area contributed by atoms with Gasteiger partial charge in [0.2, 0.25) is 21.8 Å². The highest BCUT2D eigenvalue weighted by Gasteiger charge is 2.32. The Morgan fingerprint density at radius 3 is 2.25 bits per heavy atom. The maximum absolute atomic E-state index is 13.7. The van der Waals surface area contributed by atoms with Crippen LogP contribution >= 0.6 is 11.6 Å². The van der Waals surface area contributed by atoms with Crippen molar-refractivity contribution < 1.29 is 22.7 Å². The molecular weight excluding hydrogens is 502 g/mol. The highest BCUT2D eigenvalue weighted by atomic mass is 35.5. The van der Waals surface area contributed by atoms with Crippen LogP contribution in [0.3, 0.4) is 0 Å². The molecule has 0 spiro atoms. The van der Waals surface area contributed by atoms with Gasteiger partial charge in [-0.2, -0.15) is 0 Å². The van der Waals surface area contributed by atoms with Crippen LogP contribution in [0.5, 0.6) is 5.75 Å². The second kappa shape index (κ2) is 12.5. The molecule has 1 N–H and O–H groups in total. The Labute approximate surface area is 219 Å². The van der Waals surface area contributed by atoms with Gasteiger partial charge in [-0.25, -0.2) is 8.42 Å². The SMILES string of the molecule is CCC(C(=O)NC(C)(C)C)N(CCc1ccccc1)C(=O)CN(c1ccc(OC)c(Cl)c1)S(C)(=O)=O. The molecule has 0 fully saturated rings. The third-order valence-corrected chi connectivity index (χ3v) is 6.91. The molecule has 2 amide bonds. The van der Waals surface area contributed by atoms with Crippen LogP contribution in [0.2, 0.25) is 5.02 Å². The van der Waals surface area contributed by atoms with E-state index in [0.29, 0.717) is 18.6 Å². The van der Waals surface area contributed by atoms with E-state index in [9.17, 15) is 18.0 Å². The predicted octanol–water partition coefficient (Wildman–Crippen LogP) is 3.88. The van der Waals surface area contributed by atoms with E-state index in [1.165, 1.54) is 24.1 Å². The fourth-order valence-electron chi connectivity index (χ4n) is 3.77. The van der Waals surface area contributed by atoms with E-state index < -0.39 is 34.1 Å². The van der Waals surface area contributed by atoms with Crippen molar-refractivity contribution in [2.45, 2.75) is 52.1 Å². The lowest BCUT2D eigenvalue weighted by Crippen LogP contribution is -2.56. The number of anilines is 1. The molecule has 1 atom stereocenters. The van der Waals surface area contributed by atoms with E-state index in [1.807, 2.05) is 58.0 Å². The third kappa shape index (κ3) is 8.41. The average molecular weight is 538 g/mol. The van der Waals surface area contributed by atoms with Gasteiger partial charge >= 0.3 is 0 Å². The van der Waals surface area contributed by atoms with E-state index in [-0.39, 0.29) is 23.2 Å². The Hall–Kier alpha value is -2.78. The lowest BCUT2D eigenvalue weighted by Gasteiger charge is -2.34. The molecule has 0 saturated heterocycles. The minimum Gasteiger partial charge on any atom is -0.495 e. The van der Waals surface area contributed by atoms with Crippen molar-refractivity contribution in [3.63, 3.8) is 0 Å². The number of carbonyl (C=O) groups is 2. The van der Waals surface area contributed by atoms with Crippen LogP contribution < -0.4 is 14.4 Å². The average Bonchev–Trinajstić information content (AvgIpc) is 2.78. The fourth-order valence-corrected chi connectivity index (χ4v) is 4.87. The van der Waals surface area contributed by atoms with Gasteiger partial charge in [-0.1, -0.05) is 48.9 Å². The smallest absolute Gasteiger partial charge is 0.244 e. The molecule has 2 aromatic carbocycles. The molecule has 36 heavy (non-hydrogen) atoms. The quantitative estimate of drug-likeness (QED) is 0.469. The molecule has 2 aromatic rings. The first-order valence-electron chi connectivity index (χ1n) is 11.7. The lowest BCUT2D eigenvalue weighted by atomic mass is 10.1. The number of benzene rings is 2. The summed E-state index contributed by atoms with van der Waals surface area (Å²) in [5.74, 6) is -0.390. The van der Waals surface area contributed by atoms with Gasteiger partial charge in [-0.15, -0.1) is 0 Å². The van der Waals surface area contributed by atoms with Crippen molar-refractivity contribution in [1.82, 2.24) is 10.2 Å². The Morgan fingerprint density at radius 2 is 1.75 bits per heavy atom. The molecule has 8 nitrogen and oxygen atoms in total. The van der Waals surface area contributed by atoms with Crippen LogP contribution in [0, 0.1) is 0 Å². The predicted molar refractivity (Wildman–Crippen MR) is 144 cm³/mol. The Bertz CT molecular complexity index is 1150. The van der Waals surface area contributed by atoms with Gasteiger partial charge in [-0.3, -0.25) is 13.9 Å². The Balaban J connectivity index is 2.41. The third-order valence-electron chi connectivity index (χ3n) is 5.47. The van der Waals surface area contributed by atoms with Gasteiger partial charge in [0.25, 0.3) is 0 Å². The molecule has 0 saturated carbocycles. The number of hydrogen-bond donors (Lipinski definition) is 1. The molecule has 0 radical (unpaired) electrons. The lowest BCUT2D eigenvalue weighted by molar-refractivity contribution is -0.140. The van der Waals surface area contributed by atoms with Gasteiger partial charge < -0.3 is 15.0 Å². The summed E-state index contributed by atoms with van der Waals surface area (Å²) in [5.41, 5.74) is 0.743. The molecule has 0 heterocycles. The maximum atomic E-state index is 13.7. The number of halogens is 1. The number of carbonyl (C=O) groups excluding carboxylic acids is 2. The van der Waals surface area contributed by atoms with Gasteiger partial charge in [0.15, 0.2) is 0 Å². The molecule has 0 aliphatic carbocycles. The van der Waals surface area contributed by atoms with E-state index in [2.05, 4.69) is 5.32 Å². The van der Waals surface area contributed by atoms with Gasteiger partial charge in [0.05, 0.1) is 24.1 Å². The van der Waals surface area contributed by atoms with Crippen LogP contribution in [0.25, 0.3) is 0 Å². The van der Waals surface area contributed by atoms with Crippen LogP contribution in [0.1, 0.15) is 39.7 Å². The summed E-state index contributed by atoms with van der Waals surface area (Å²) in [5, 5.41) is 3.16. The Morgan fingerprint density at radius 1 is 1.11 bits per heavy atom. The molecule has 0 aliphatic heterocycles. The Kier molecular flexibility index (Phi) is 10.2. The van der Waals surface area contributed by atoms with Crippen molar-refractivity contribution in [2.24, 2.45) is 0 Å². The zero-order chi connectivity index (χ0) is 27.1. The second-order valence-electron chi connectivity index (χ2n) is 9.57. The second-order valence-corrected chi connectivity index (χ2v) is 11.9. The van der Waals surface area contributed by atoms with Gasteiger partial charge in [-0.05, 0) is 57.4 Å². The highest BCUT2D eigenvalue weighted by Crippen LogP contribution is 2.30. The number of nitrogens with one attached hydrogen (secondary N) is 1. The summed E-state index contributed by atoms with van der Waals surface area (Å²) in [6.07, 6.45) is 1.91. The summed E-state index contributed by atoms with van der Waals surface area (Å²) >= 11 is 6.22. The normalized spacial score (nSPS) is 12.5. The number of amides is 2. The fraction of sp³-hybridized carbons (Fsp3) is 0.462. The van der Waals surface area contributed by atoms with Crippen molar-refractivity contribution >= 4 is 39.1 Å². The van der Waals surface area contributed by atoms with E-state index in [1.54, 1.807) is 6.07 Å². The number of rotatable bonds is 11. The summed E-state index contributed by atoms with van der Waals surface area (Å²) in [6, 6.07) is 13.3. The number of ether oxygens (including phenoxy) is 1. The zero-order valence-corrected chi connectivity index (χ0v) is 23.3. The first kappa shape index (κ1) is 29.5. The van der Waals surface area contributed by atoms with E-state index in [0.717, 1.165) is 16.1 Å². The summed E-state index contributed by atoms with van der Waals surface area (Å²) < 4.78 is 31.5. The molecule has 0 bridgehead atoms. The van der Waals surface area contributed by atoms with Gasteiger partial charge in [0, 0.05) is 12.1 Å². The molecular formula is C26H36ClN3O5S. The van der Waals surface area contributed by atoms with Crippen LogP contribution in [-0.2, 0) is 26.0 Å². The summed E-state index contributed by atoms with van der Waals surface area (Å²) in [4.78, 5) is 28.3. The van der Waals surface area contributed by atoms with Crippen molar-refractivity contribution in [2.75, 3.05) is 30.8 Å². The number of hydrogen-bond acceptors (Lipinski definition) is 5. The minimum atomic E-state index is -3.85. The number of methoxy groups -OCH3 is 1. The van der Waals surface area contributed by atoms with Crippen molar-refractivity contribution in [3.05, 3.63) is 59.1 Å². The van der Waals surface area contributed by atoms with E-state index in [4.69, 9.17) is 16.3 Å². The summed E-state index contributed by atoms with van der Waals surface area (Å²) in [6.45, 7) is 7.20. The van der Waals surface area contributed by atoms with Crippen LogP contribution in [0.4, 0.5) is 5.69 Å². The summed E-state index contributed by atoms with van der Waals surface area (Å²) in [7, 11) is -2.39. The molecule has 2 rings (SSSR count). The van der Waals surface area contributed by atoms with Crippen molar-refractivity contribution in [3.8, 4) is 5.75 Å². The molecule has 0 aliphatic rings. The number of sulfonamides is 1. The maximum Gasteiger partial charge on any atom is 0.244 e. The largest absolute Gasteiger partial charge is 0.495 e. The molecule has 0 aromatic heterocycles. The first-order chi connectivity index (χ1) is 16.8. The van der Waals surface area contributed by atoms with Crippen LogP contribution in [0.15, 0.2) is 48.5 Å². The monoisotopic (exact) mass is 537 g/mol. The molecule has 198 valence electrons. The minimum absolute atomic E-state index is 0.216. The standard InChI is InChI=1S/C26H36ClN3O5S/c1-7-22(25(32)28-26(2,3)4)29(16-15-19-11-9-8-10-12-19)24(31)18-30(36(6,33)34)20-13-14-23(35-5)21(27)17-20/h8-14,17,22H,7,15-16,18H2,1-6H3,(H,28,32). The van der Waals surface area contributed by atoms with E-state index >= 15 is 0 Å².